The predicted octanol–water partition coefficient (Wildman–Crippen LogP) is 2.89. The number of hydrogen-bond acceptors (Lipinski definition) is 3. The zero-order valence-corrected chi connectivity index (χ0v) is 14.4. The molecule has 2 rings (SSSR count). The van der Waals surface area contributed by atoms with Gasteiger partial charge in [-0.05, 0) is 83.0 Å². The fourth-order valence-corrected chi connectivity index (χ4v) is 4.59. The quantitative estimate of drug-likeness (QED) is 0.791. The molecule has 1 aliphatic heterocycles. The van der Waals surface area contributed by atoms with Gasteiger partial charge in [0.15, 0.2) is 0 Å². The molecular formula is C18H36N2O. The molecule has 1 aliphatic carbocycles. The summed E-state index contributed by atoms with van der Waals surface area (Å²) in [5, 5.41) is 13.2. The van der Waals surface area contributed by atoms with Crippen molar-refractivity contribution >= 4 is 0 Å². The van der Waals surface area contributed by atoms with E-state index >= 15 is 0 Å². The molecule has 0 radical (unpaired) electrons. The van der Waals surface area contributed by atoms with Gasteiger partial charge in [-0.15, -0.1) is 0 Å². The zero-order valence-electron chi connectivity index (χ0n) is 14.4. The van der Waals surface area contributed by atoms with E-state index in [2.05, 4.69) is 24.1 Å². The number of likely N-dealkylation sites (tertiary alicyclic amines) is 1. The minimum Gasteiger partial charge on any atom is -0.394 e. The van der Waals surface area contributed by atoms with Crippen molar-refractivity contribution in [2.75, 3.05) is 33.3 Å². The Morgan fingerprint density at radius 3 is 2.67 bits per heavy atom. The van der Waals surface area contributed by atoms with E-state index in [1.807, 2.05) is 7.05 Å². The Bertz CT molecular complexity index is 302. The molecule has 2 fully saturated rings. The van der Waals surface area contributed by atoms with E-state index in [-0.39, 0.29) is 5.54 Å². The Hall–Kier alpha value is -0.120. The summed E-state index contributed by atoms with van der Waals surface area (Å²) >= 11 is 0. The van der Waals surface area contributed by atoms with Crippen molar-refractivity contribution in [3.8, 4) is 0 Å². The van der Waals surface area contributed by atoms with Crippen molar-refractivity contribution in [2.45, 2.75) is 64.3 Å². The van der Waals surface area contributed by atoms with E-state index in [4.69, 9.17) is 0 Å². The highest BCUT2D eigenvalue weighted by Gasteiger charge is 2.40. The first kappa shape index (κ1) is 17.2. The molecule has 2 aliphatic rings. The molecule has 3 atom stereocenters. The van der Waals surface area contributed by atoms with Crippen LogP contribution in [0.4, 0.5) is 0 Å². The molecule has 0 amide bonds. The number of aliphatic hydroxyl groups is 1. The molecule has 0 aromatic rings. The first-order valence-corrected chi connectivity index (χ1v) is 9.13. The maximum atomic E-state index is 9.79. The number of aliphatic hydroxyl groups excluding tert-OH is 1. The Morgan fingerprint density at radius 2 is 2.00 bits per heavy atom. The largest absolute Gasteiger partial charge is 0.394 e. The van der Waals surface area contributed by atoms with Crippen molar-refractivity contribution in [3.05, 3.63) is 0 Å². The maximum Gasteiger partial charge on any atom is 0.0615 e. The van der Waals surface area contributed by atoms with E-state index in [1.165, 1.54) is 58.2 Å². The lowest BCUT2D eigenvalue weighted by atomic mass is 9.85. The van der Waals surface area contributed by atoms with Gasteiger partial charge in [0.05, 0.1) is 6.61 Å². The Kier molecular flexibility index (Phi) is 6.51. The van der Waals surface area contributed by atoms with Crippen molar-refractivity contribution in [3.63, 3.8) is 0 Å². The molecule has 0 aromatic carbocycles. The normalized spacial score (nSPS) is 35.3. The third-order valence-electron chi connectivity index (χ3n) is 6.34. The predicted molar refractivity (Wildman–Crippen MR) is 89.5 cm³/mol. The lowest BCUT2D eigenvalue weighted by molar-refractivity contribution is 0.118. The van der Waals surface area contributed by atoms with Gasteiger partial charge < -0.3 is 15.3 Å². The molecule has 3 unspecified atom stereocenters. The maximum absolute atomic E-state index is 9.79. The molecule has 1 heterocycles. The van der Waals surface area contributed by atoms with Crippen LogP contribution < -0.4 is 5.32 Å². The van der Waals surface area contributed by atoms with Gasteiger partial charge in [-0.1, -0.05) is 20.3 Å². The van der Waals surface area contributed by atoms with Crippen LogP contribution in [0.3, 0.4) is 0 Å². The summed E-state index contributed by atoms with van der Waals surface area (Å²) in [5.41, 5.74) is 0.00627. The standard InChI is InChI=1S/C18H36N2O/c1-15(2)16-6-5-11-20(12-8-16)13-9-17-7-4-10-18(17,14-21)19-3/h15-17,19,21H,4-14H2,1-3H3. The SMILES string of the molecule is CNC1(CO)CCCC1CCN1CCCC(C(C)C)CC1. The minimum atomic E-state index is 0.00627. The van der Waals surface area contributed by atoms with E-state index < -0.39 is 0 Å². The second kappa shape index (κ2) is 7.94. The smallest absolute Gasteiger partial charge is 0.0615 e. The van der Waals surface area contributed by atoms with Gasteiger partial charge in [-0.3, -0.25) is 0 Å². The lowest BCUT2D eigenvalue weighted by Crippen LogP contribution is -2.50. The number of nitrogens with zero attached hydrogens (tertiary/aromatic N) is 1. The molecule has 3 heteroatoms. The van der Waals surface area contributed by atoms with E-state index in [0.29, 0.717) is 12.5 Å². The molecule has 1 saturated carbocycles. The van der Waals surface area contributed by atoms with Gasteiger partial charge in [-0.25, -0.2) is 0 Å². The third kappa shape index (κ3) is 4.20. The Labute approximate surface area is 131 Å². The molecule has 0 spiro atoms. The molecule has 1 saturated heterocycles. The van der Waals surface area contributed by atoms with Gasteiger partial charge in [-0.2, -0.15) is 0 Å². The van der Waals surface area contributed by atoms with Crippen LogP contribution in [0.15, 0.2) is 0 Å². The zero-order chi connectivity index (χ0) is 15.3. The molecule has 0 bridgehead atoms. The van der Waals surface area contributed by atoms with E-state index in [1.54, 1.807) is 0 Å². The minimum absolute atomic E-state index is 0.00627. The van der Waals surface area contributed by atoms with Gasteiger partial charge in [0.25, 0.3) is 0 Å². The number of likely N-dealkylation sites (N-methyl/N-ethyl adjacent to an activating group) is 1. The van der Waals surface area contributed by atoms with Crippen LogP contribution in [0.25, 0.3) is 0 Å². The van der Waals surface area contributed by atoms with Crippen LogP contribution in [0.1, 0.15) is 58.8 Å². The molecule has 2 N–H and O–H groups in total. The van der Waals surface area contributed by atoms with Crippen LogP contribution in [0.5, 0.6) is 0 Å². The highest BCUT2D eigenvalue weighted by molar-refractivity contribution is 4.98. The van der Waals surface area contributed by atoms with Crippen LogP contribution in [0, 0.1) is 17.8 Å². The highest BCUT2D eigenvalue weighted by Crippen LogP contribution is 2.37. The number of hydrogen-bond donors (Lipinski definition) is 2. The Balaban J connectivity index is 1.80. The second-order valence-electron chi connectivity index (χ2n) is 7.72. The molecule has 124 valence electrons. The van der Waals surface area contributed by atoms with Gasteiger partial charge >= 0.3 is 0 Å². The average molecular weight is 296 g/mol. The summed E-state index contributed by atoms with van der Waals surface area (Å²) in [6.07, 6.45) is 9.08. The van der Waals surface area contributed by atoms with Crippen LogP contribution in [0.2, 0.25) is 0 Å². The van der Waals surface area contributed by atoms with Crippen molar-refractivity contribution in [1.82, 2.24) is 10.2 Å². The van der Waals surface area contributed by atoms with Gasteiger partial charge in [0.1, 0.15) is 0 Å². The van der Waals surface area contributed by atoms with Gasteiger partial charge in [0, 0.05) is 5.54 Å². The van der Waals surface area contributed by atoms with Crippen molar-refractivity contribution in [1.29, 1.82) is 0 Å². The van der Waals surface area contributed by atoms with E-state index in [9.17, 15) is 5.11 Å². The third-order valence-corrected chi connectivity index (χ3v) is 6.34. The summed E-state index contributed by atoms with van der Waals surface area (Å²) in [6, 6.07) is 0. The molecule has 21 heavy (non-hydrogen) atoms. The first-order valence-electron chi connectivity index (χ1n) is 9.13. The van der Waals surface area contributed by atoms with Crippen LogP contribution >= 0.6 is 0 Å². The molecule has 0 aromatic heterocycles. The van der Waals surface area contributed by atoms with Gasteiger partial charge in [0.2, 0.25) is 0 Å². The fourth-order valence-electron chi connectivity index (χ4n) is 4.59. The van der Waals surface area contributed by atoms with Crippen LogP contribution in [-0.2, 0) is 0 Å². The monoisotopic (exact) mass is 296 g/mol. The highest BCUT2D eigenvalue weighted by atomic mass is 16.3. The number of nitrogens with one attached hydrogen (secondary N) is 1. The van der Waals surface area contributed by atoms with Crippen LogP contribution in [-0.4, -0.2) is 48.8 Å². The summed E-state index contributed by atoms with van der Waals surface area (Å²) < 4.78 is 0. The summed E-state index contributed by atoms with van der Waals surface area (Å²) in [5.74, 6) is 2.41. The second-order valence-corrected chi connectivity index (χ2v) is 7.72. The summed E-state index contributed by atoms with van der Waals surface area (Å²) in [4.78, 5) is 2.68. The summed E-state index contributed by atoms with van der Waals surface area (Å²) in [6.45, 7) is 8.83. The van der Waals surface area contributed by atoms with E-state index in [0.717, 1.165) is 18.3 Å². The lowest BCUT2D eigenvalue weighted by Gasteiger charge is -2.35. The first-order chi connectivity index (χ1) is 10.1. The van der Waals surface area contributed by atoms with Crippen molar-refractivity contribution < 1.29 is 5.11 Å². The number of rotatable bonds is 6. The average Bonchev–Trinajstić information content (AvgIpc) is 2.74. The topological polar surface area (TPSA) is 35.5 Å². The fraction of sp³-hybridized carbons (Fsp3) is 1.00. The molecular weight excluding hydrogens is 260 g/mol. The van der Waals surface area contributed by atoms with Crippen molar-refractivity contribution in [2.24, 2.45) is 17.8 Å². The summed E-state index contributed by atoms with van der Waals surface area (Å²) in [7, 11) is 2.02. The molecule has 3 nitrogen and oxygen atoms in total. The Morgan fingerprint density at radius 1 is 1.19 bits per heavy atom.